The number of nitrogen functional groups attached to an aromatic ring is 1. The second-order valence-corrected chi connectivity index (χ2v) is 8.48. The van der Waals surface area contributed by atoms with Crippen LogP contribution in [0.15, 0.2) is 67.0 Å². The third-order valence-corrected chi connectivity index (χ3v) is 5.90. The highest BCUT2D eigenvalue weighted by Crippen LogP contribution is 2.31. The van der Waals surface area contributed by atoms with Crippen LogP contribution >= 0.6 is 0 Å². The number of aryl methyl sites for hydroxylation is 2. The molecule has 0 spiro atoms. The number of halogens is 1. The van der Waals surface area contributed by atoms with Crippen molar-refractivity contribution in [2.24, 2.45) is 5.73 Å². The van der Waals surface area contributed by atoms with Gasteiger partial charge in [-0.2, -0.15) is 0 Å². The largest absolute Gasteiger partial charge is 0.397 e. The Morgan fingerprint density at radius 1 is 1.30 bits per heavy atom. The lowest BCUT2D eigenvalue weighted by molar-refractivity contribution is 0.264. The first kappa shape index (κ1) is 24.3. The van der Waals surface area contributed by atoms with E-state index in [4.69, 9.17) is 11.5 Å². The zero-order chi connectivity index (χ0) is 24.1. The van der Waals surface area contributed by atoms with E-state index >= 15 is 0 Å². The number of allylic oxidation sites excluding steroid dienone is 3. The molecule has 174 valence electrons. The number of aromatic nitrogens is 1. The molecule has 0 amide bonds. The summed E-state index contributed by atoms with van der Waals surface area (Å²) >= 11 is 0. The standard InChI is InChI=1S/C27H34FN5/c1-6-10-24(33-14-9-13-20(29)16-33)23(7-2)31-19(5)26-22(30)15-21(28)27(32-26)25-17(3)11-8-12-18(25)4/h6-8,10-12,15,20,31H,2,5,9,13-14,16,29-30H2,1,3-4H3/b10-6-,24-23-/t20-/m0/s1. The van der Waals surface area contributed by atoms with Crippen molar-refractivity contribution in [3.8, 4) is 11.3 Å². The van der Waals surface area contributed by atoms with Gasteiger partial charge in [-0.25, -0.2) is 9.37 Å². The molecule has 6 heteroatoms. The van der Waals surface area contributed by atoms with Gasteiger partial charge in [-0.1, -0.05) is 37.4 Å². The maximum atomic E-state index is 14.9. The molecule has 0 saturated carbocycles. The number of nitrogens with two attached hydrogens (primary N) is 2. The maximum absolute atomic E-state index is 14.9. The number of likely N-dealkylation sites (tertiary alicyclic amines) is 1. The van der Waals surface area contributed by atoms with E-state index in [0.29, 0.717) is 11.4 Å². The van der Waals surface area contributed by atoms with Crippen LogP contribution in [0.25, 0.3) is 17.0 Å². The van der Waals surface area contributed by atoms with Crippen LogP contribution < -0.4 is 16.8 Å². The summed E-state index contributed by atoms with van der Waals surface area (Å²) in [6, 6.07) is 7.27. The molecule has 5 nitrogen and oxygen atoms in total. The fourth-order valence-electron chi connectivity index (χ4n) is 4.30. The third-order valence-electron chi connectivity index (χ3n) is 5.90. The highest BCUT2D eigenvalue weighted by molar-refractivity contribution is 5.76. The van der Waals surface area contributed by atoms with Gasteiger partial charge in [0, 0.05) is 30.8 Å². The molecule has 3 rings (SSSR count). The van der Waals surface area contributed by atoms with E-state index in [0.717, 1.165) is 54.0 Å². The van der Waals surface area contributed by atoms with Crippen LogP contribution in [0.3, 0.4) is 0 Å². The fraction of sp³-hybridized carbons (Fsp3) is 0.296. The normalized spacial score (nSPS) is 17.1. The number of nitrogens with zero attached hydrogens (tertiary/aromatic N) is 2. The van der Waals surface area contributed by atoms with E-state index in [1.807, 2.05) is 51.1 Å². The Morgan fingerprint density at radius 2 is 2.00 bits per heavy atom. The number of piperidine rings is 1. The summed E-state index contributed by atoms with van der Waals surface area (Å²) in [5, 5.41) is 3.32. The molecule has 1 saturated heterocycles. The van der Waals surface area contributed by atoms with Crippen LogP contribution in [0.1, 0.15) is 36.6 Å². The first-order valence-electron chi connectivity index (χ1n) is 11.3. The lowest BCUT2D eigenvalue weighted by Gasteiger charge is -2.34. The van der Waals surface area contributed by atoms with Gasteiger partial charge in [-0.3, -0.25) is 0 Å². The zero-order valence-corrected chi connectivity index (χ0v) is 19.8. The van der Waals surface area contributed by atoms with Gasteiger partial charge in [-0.05, 0) is 56.9 Å². The molecular formula is C27H34FN5. The fourth-order valence-corrected chi connectivity index (χ4v) is 4.30. The molecule has 1 atom stereocenters. The first-order chi connectivity index (χ1) is 15.8. The van der Waals surface area contributed by atoms with Crippen LogP contribution in [0.5, 0.6) is 0 Å². The number of benzene rings is 1. The molecule has 0 aliphatic carbocycles. The third kappa shape index (κ3) is 5.34. The minimum atomic E-state index is -0.460. The minimum Gasteiger partial charge on any atom is -0.397 e. The van der Waals surface area contributed by atoms with Gasteiger partial charge in [0.1, 0.15) is 11.4 Å². The lowest BCUT2D eigenvalue weighted by atomic mass is 9.98. The summed E-state index contributed by atoms with van der Waals surface area (Å²) in [6.45, 7) is 15.7. The molecule has 33 heavy (non-hydrogen) atoms. The predicted molar refractivity (Wildman–Crippen MR) is 137 cm³/mol. The SMILES string of the molecule is C=C/C(NC(=C)c1nc(-c2c(C)cccc2C)c(F)cc1N)=C(\C=C/C)N1CCC[C@H](N)C1. The quantitative estimate of drug-likeness (QED) is 0.518. The van der Waals surface area contributed by atoms with Gasteiger partial charge in [0.25, 0.3) is 0 Å². The van der Waals surface area contributed by atoms with Crippen molar-refractivity contribution in [2.75, 3.05) is 18.8 Å². The Bertz CT molecular complexity index is 1100. The molecule has 2 heterocycles. The molecule has 5 N–H and O–H groups in total. The van der Waals surface area contributed by atoms with E-state index < -0.39 is 5.82 Å². The summed E-state index contributed by atoms with van der Waals surface area (Å²) in [6.07, 6.45) is 7.79. The van der Waals surface area contributed by atoms with Gasteiger partial charge >= 0.3 is 0 Å². The number of nitrogens with one attached hydrogen (secondary N) is 1. The first-order valence-corrected chi connectivity index (χ1v) is 11.3. The van der Waals surface area contributed by atoms with Crippen LogP contribution in [0.4, 0.5) is 10.1 Å². The molecular weight excluding hydrogens is 413 g/mol. The van der Waals surface area contributed by atoms with Crippen molar-refractivity contribution in [1.82, 2.24) is 15.2 Å². The summed E-state index contributed by atoms with van der Waals surface area (Å²) in [5.41, 5.74) is 18.1. The second kappa shape index (κ2) is 10.5. The maximum Gasteiger partial charge on any atom is 0.151 e. The lowest BCUT2D eigenvalue weighted by Crippen LogP contribution is -2.42. The van der Waals surface area contributed by atoms with Crippen molar-refractivity contribution in [3.63, 3.8) is 0 Å². The van der Waals surface area contributed by atoms with E-state index in [9.17, 15) is 4.39 Å². The number of hydrogen-bond donors (Lipinski definition) is 3. The second-order valence-electron chi connectivity index (χ2n) is 8.48. The van der Waals surface area contributed by atoms with E-state index in [1.165, 1.54) is 6.07 Å². The Balaban J connectivity index is 2.02. The molecule has 1 aromatic carbocycles. The van der Waals surface area contributed by atoms with Crippen molar-refractivity contribution in [1.29, 1.82) is 0 Å². The Kier molecular flexibility index (Phi) is 7.71. The summed E-state index contributed by atoms with van der Waals surface area (Å²) in [5.74, 6) is -0.460. The van der Waals surface area contributed by atoms with E-state index in [1.54, 1.807) is 6.08 Å². The van der Waals surface area contributed by atoms with Gasteiger partial charge in [0.05, 0.1) is 22.8 Å². The molecule has 1 fully saturated rings. The number of hydrogen-bond acceptors (Lipinski definition) is 5. The topological polar surface area (TPSA) is 80.2 Å². The van der Waals surface area contributed by atoms with Gasteiger partial charge in [0.15, 0.2) is 5.82 Å². The van der Waals surface area contributed by atoms with Gasteiger partial charge < -0.3 is 21.7 Å². The van der Waals surface area contributed by atoms with Crippen molar-refractivity contribution < 1.29 is 4.39 Å². The summed E-state index contributed by atoms with van der Waals surface area (Å²) in [4.78, 5) is 6.86. The zero-order valence-electron chi connectivity index (χ0n) is 19.8. The van der Waals surface area contributed by atoms with Gasteiger partial charge in [-0.15, -0.1) is 0 Å². The minimum absolute atomic E-state index is 0.127. The van der Waals surface area contributed by atoms with Crippen LogP contribution in [-0.2, 0) is 0 Å². The highest BCUT2D eigenvalue weighted by Gasteiger charge is 2.21. The van der Waals surface area contributed by atoms with E-state index in [2.05, 4.69) is 28.4 Å². The van der Waals surface area contributed by atoms with E-state index in [-0.39, 0.29) is 17.4 Å². The van der Waals surface area contributed by atoms with Gasteiger partial charge in [0.2, 0.25) is 0 Å². The Morgan fingerprint density at radius 3 is 2.61 bits per heavy atom. The molecule has 0 bridgehead atoms. The Labute approximate surface area is 196 Å². The average Bonchev–Trinajstić information content (AvgIpc) is 2.77. The summed E-state index contributed by atoms with van der Waals surface area (Å²) in [7, 11) is 0. The monoisotopic (exact) mass is 447 g/mol. The smallest absolute Gasteiger partial charge is 0.151 e. The molecule has 1 aromatic heterocycles. The number of pyridine rings is 1. The molecule has 0 radical (unpaired) electrons. The van der Waals surface area contributed by atoms with Crippen LogP contribution in [0.2, 0.25) is 0 Å². The molecule has 1 aliphatic rings. The highest BCUT2D eigenvalue weighted by atomic mass is 19.1. The molecule has 0 unspecified atom stereocenters. The van der Waals surface area contributed by atoms with Crippen molar-refractivity contribution in [3.05, 3.63) is 89.7 Å². The van der Waals surface area contributed by atoms with Crippen LogP contribution in [-0.4, -0.2) is 29.0 Å². The summed E-state index contributed by atoms with van der Waals surface area (Å²) < 4.78 is 14.9. The molecule has 2 aromatic rings. The molecule has 1 aliphatic heterocycles. The number of anilines is 1. The van der Waals surface area contributed by atoms with Crippen molar-refractivity contribution in [2.45, 2.75) is 39.7 Å². The van der Waals surface area contributed by atoms with Crippen molar-refractivity contribution >= 4 is 11.4 Å². The van der Waals surface area contributed by atoms with Crippen LogP contribution in [0, 0.1) is 19.7 Å². The average molecular weight is 448 g/mol. The number of rotatable bonds is 7. The predicted octanol–water partition coefficient (Wildman–Crippen LogP) is 5.04. The Hall–Kier alpha value is -3.38.